The topological polar surface area (TPSA) is 66.6 Å². The van der Waals surface area contributed by atoms with Gasteiger partial charge in [-0.25, -0.2) is 0 Å². The van der Waals surface area contributed by atoms with E-state index in [1.807, 2.05) is 9.80 Å². The van der Waals surface area contributed by atoms with Crippen molar-refractivity contribution >= 4 is 11.8 Å². The molecule has 0 spiro atoms. The van der Waals surface area contributed by atoms with Crippen LogP contribution < -0.4 is 5.73 Å². The normalized spacial score (nSPS) is 18.4. The zero-order valence-electron chi connectivity index (χ0n) is 11.5. The van der Waals surface area contributed by atoms with Crippen molar-refractivity contribution in [3.05, 3.63) is 0 Å². The van der Waals surface area contributed by atoms with Crippen LogP contribution in [0, 0.1) is 5.92 Å². The molecule has 0 aliphatic carbocycles. The van der Waals surface area contributed by atoms with Gasteiger partial charge >= 0.3 is 0 Å². The van der Waals surface area contributed by atoms with Gasteiger partial charge in [-0.1, -0.05) is 13.3 Å². The fraction of sp³-hybridized carbons (Fsp3) is 0.846. The number of hydrogen-bond acceptors (Lipinski definition) is 3. The number of rotatable bonds is 4. The molecule has 104 valence electrons. The van der Waals surface area contributed by atoms with Crippen LogP contribution in [0.2, 0.25) is 0 Å². The van der Waals surface area contributed by atoms with Gasteiger partial charge in [-0.05, 0) is 12.8 Å². The molecule has 1 rings (SSSR count). The van der Waals surface area contributed by atoms with Gasteiger partial charge in [0.15, 0.2) is 0 Å². The number of hydrogen-bond donors (Lipinski definition) is 1. The highest BCUT2D eigenvalue weighted by molar-refractivity contribution is 5.79. The number of carbonyl (C=O) groups is 2. The Balaban J connectivity index is 2.56. The molecule has 1 aliphatic rings. The number of amides is 2. The van der Waals surface area contributed by atoms with E-state index in [0.29, 0.717) is 19.6 Å². The van der Waals surface area contributed by atoms with Gasteiger partial charge in [0.1, 0.15) is 0 Å². The van der Waals surface area contributed by atoms with Crippen LogP contribution in [0.3, 0.4) is 0 Å². The third-order valence-electron chi connectivity index (χ3n) is 3.52. The fourth-order valence-corrected chi connectivity index (χ4v) is 2.40. The SMILES string of the molecule is CCCC(CN)C(=O)N1CCCN(C(C)=O)CC1. The zero-order chi connectivity index (χ0) is 13.5. The molecule has 5 heteroatoms. The molecule has 5 nitrogen and oxygen atoms in total. The van der Waals surface area contributed by atoms with E-state index in [1.54, 1.807) is 6.92 Å². The molecule has 0 aromatic carbocycles. The van der Waals surface area contributed by atoms with Gasteiger partial charge < -0.3 is 15.5 Å². The standard InChI is InChI=1S/C13H25N3O2/c1-3-5-12(10-14)13(18)16-7-4-6-15(8-9-16)11(2)17/h12H,3-10,14H2,1-2H3. The van der Waals surface area contributed by atoms with E-state index >= 15 is 0 Å². The Hall–Kier alpha value is -1.10. The Morgan fingerprint density at radius 1 is 1.17 bits per heavy atom. The van der Waals surface area contributed by atoms with Crippen LogP contribution in [0.4, 0.5) is 0 Å². The van der Waals surface area contributed by atoms with Crippen LogP contribution >= 0.6 is 0 Å². The van der Waals surface area contributed by atoms with E-state index in [4.69, 9.17) is 5.73 Å². The lowest BCUT2D eigenvalue weighted by Crippen LogP contribution is -2.41. The van der Waals surface area contributed by atoms with Gasteiger partial charge in [0, 0.05) is 39.6 Å². The van der Waals surface area contributed by atoms with Crippen molar-refractivity contribution in [1.29, 1.82) is 0 Å². The number of nitrogens with two attached hydrogens (primary N) is 1. The molecule has 1 atom stereocenters. The predicted molar refractivity (Wildman–Crippen MR) is 70.9 cm³/mol. The molecule has 0 aromatic rings. The lowest BCUT2D eigenvalue weighted by molar-refractivity contribution is -0.136. The Morgan fingerprint density at radius 3 is 2.33 bits per heavy atom. The van der Waals surface area contributed by atoms with Crippen molar-refractivity contribution in [1.82, 2.24) is 9.80 Å². The van der Waals surface area contributed by atoms with Crippen LogP contribution in [0.5, 0.6) is 0 Å². The molecule has 0 radical (unpaired) electrons. The first kappa shape index (κ1) is 15.0. The largest absolute Gasteiger partial charge is 0.341 e. The molecule has 1 heterocycles. The molecular weight excluding hydrogens is 230 g/mol. The van der Waals surface area contributed by atoms with Gasteiger partial charge in [-0.3, -0.25) is 9.59 Å². The molecule has 0 aromatic heterocycles. The van der Waals surface area contributed by atoms with Crippen molar-refractivity contribution in [3.63, 3.8) is 0 Å². The fourth-order valence-electron chi connectivity index (χ4n) is 2.40. The first-order valence-corrected chi connectivity index (χ1v) is 6.84. The van der Waals surface area contributed by atoms with Gasteiger partial charge in [0.25, 0.3) is 0 Å². The maximum absolute atomic E-state index is 12.3. The van der Waals surface area contributed by atoms with E-state index in [-0.39, 0.29) is 17.7 Å². The van der Waals surface area contributed by atoms with Crippen molar-refractivity contribution in [3.8, 4) is 0 Å². The molecule has 2 amide bonds. The molecule has 1 saturated heterocycles. The highest BCUT2D eigenvalue weighted by Gasteiger charge is 2.25. The van der Waals surface area contributed by atoms with Crippen LogP contribution in [-0.2, 0) is 9.59 Å². The van der Waals surface area contributed by atoms with E-state index < -0.39 is 0 Å². The monoisotopic (exact) mass is 255 g/mol. The first-order chi connectivity index (χ1) is 8.60. The lowest BCUT2D eigenvalue weighted by Gasteiger charge is -2.25. The van der Waals surface area contributed by atoms with Crippen molar-refractivity contribution < 1.29 is 9.59 Å². The molecule has 2 N–H and O–H groups in total. The van der Waals surface area contributed by atoms with Gasteiger partial charge in [-0.2, -0.15) is 0 Å². The molecule has 18 heavy (non-hydrogen) atoms. The molecule has 1 aliphatic heterocycles. The summed E-state index contributed by atoms with van der Waals surface area (Å²) in [5.41, 5.74) is 5.67. The lowest BCUT2D eigenvalue weighted by atomic mass is 10.0. The van der Waals surface area contributed by atoms with E-state index in [9.17, 15) is 9.59 Å². The Kier molecular flexibility index (Phi) is 6.12. The van der Waals surface area contributed by atoms with Crippen LogP contribution in [0.15, 0.2) is 0 Å². The smallest absolute Gasteiger partial charge is 0.227 e. The Bertz CT molecular complexity index is 294. The third-order valence-corrected chi connectivity index (χ3v) is 3.52. The minimum Gasteiger partial charge on any atom is -0.341 e. The van der Waals surface area contributed by atoms with Gasteiger partial charge in [0.2, 0.25) is 11.8 Å². The van der Waals surface area contributed by atoms with Crippen molar-refractivity contribution in [2.75, 3.05) is 32.7 Å². The summed E-state index contributed by atoms with van der Waals surface area (Å²) in [5, 5.41) is 0. The zero-order valence-corrected chi connectivity index (χ0v) is 11.5. The van der Waals surface area contributed by atoms with Gasteiger partial charge in [0.05, 0.1) is 5.92 Å². The highest BCUT2D eigenvalue weighted by atomic mass is 16.2. The Labute approximate surface area is 109 Å². The molecule has 1 fully saturated rings. The predicted octanol–water partition coefficient (Wildman–Crippen LogP) is 0.442. The van der Waals surface area contributed by atoms with E-state index in [0.717, 1.165) is 32.4 Å². The van der Waals surface area contributed by atoms with E-state index in [2.05, 4.69) is 6.92 Å². The van der Waals surface area contributed by atoms with Crippen molar-refractivity contribution in [2.24, 2.45) is 11.7 Å². The van der Waals surface area contributed by atoms with Crippen LogP contribution in [-0.4, -0.2) is 54.3 Å². The first-order valence-electron chi connectivity index (χ1n) is 6.84. The van der Waals surface area contributed by atoms with E-state index in [1.165, 1.54) is 0 Å². The molecule has 0 bridgehead atoms. The summed E-state index contributed by atoms with van der Waals surface area (Å²) in [6.07, 6.45) is 2.68. The third kappa shape index (κ3) is 3.98. The molecule has 1 unspecified atom stereocenters. The van der Waals surface area contributed by atoms with Gasteiger partial charge in [-0.15, -0.1) is 0 Å². The summed E-state index contributed by atoms with van der Waals surface area (Å²) in [6.45, 7) is 6.83. The van der Waals surface area contributed by atoms with Crippen molar-refractivity contribution in [2.45, 2.75) is 33.1 Å². The average molecular weight is 255 g/mol. The number of carbonyl (C=O) groups excluding carboxylic acids is 2. The second kappa shape index (κ2) is 7.36. The summed E-state index contributed by atoms with van der Waals surface area (Å²) >= 11 is 0. The average Bonchev–Trinajstić information content (AvgIpc) is 2.60. The quantitative estimate of drug-likeness (QED) is 0.793. The summed E-state index contributed by atoms with van der Waals surface area (Å²) in [5.74, 6) is 0.192. The maximum Gasteiger partial charge on any atom is 0.227 e. The minimum absolute atomic E-state index is 0.0566. The summed E-state index contributed by atoms with van der Waals surface area (Å²) in [7, 11) is 0. The highest BCUT2D eigenvalue weighted by Crippen LogP contribution is 2.12. The second-order valence-corrected chi connectivity index (χ2v) is 4.91. The summed E-state index contributed by atoms with van der Waals surface area (Å²) in [6, 6.07) is 0. The summed E-state index contributed by atoms with van der Waals surface area (Å²) in [4.78, 5) is 27.3. The second-order valence-electron chi connectivity index (χ2n) is 4.91. The summed E-state index contributed by atoms with van der Waals surface area (Å²) < 4.78 is 0. The molecule has 0 saturated carbocycles. The number of nitrogens with zero attached hydrogens (tertiary/aromatic N) is 2. The van der Waals surface area contributed by atoms with Crippen LogP contribution in [0.25, 0.3) is 0 Å². The Morgan fingerprint density at radius 2 is 1.78 bits per heavy atom. The minimum atomic E-state index is -0.0566. The van der Waals surface area contributed by atoms with Crippen LogP contribution in [0.1, 0.15) is 33.1 Å². The maximum atomic E-state index is 12.3. The molecular formula is C13H25N3O2.